The molecule has 1 N–H and O–H groups in total. The van der Waals surface area contributed by atoms with E-state index in [1.165, 1.54) is 10.6 Å². The van der Waals surface area contributed by atoms with Gasteiger partial charge in [0.05, 0.1) is 7.11 Å². The molecule has 4 rings (SSSR count). The molecule has 146 valence electrons. The molecule has 0 bridgehead atoms. The summed E-state index contributed by atoms with van der Waals surface area (Å²) in [5.41, 5.74) is 1.79. The second-order valence-electron chi connectivity index (χ2n) is 6.85. The highest BCUT2D eigenvalue weighted by atomic mass is 16.5. The molecule has 0 spiro atoms. The molecule has 0 atom stereocenters. The lowest BCUT2D eigenvalue weighted by Gasteiger charge is -2.21. The zero-order chi connectivity index (χ0) is 20.4. The van der Waals surface area contributed by atoms with E-state index < -0.39 is 11.5 Å². The van der Waals surface area contributed by atoms with Crippen molar-refractivity contribution in [3.8, 4) is 11.4 Å². The molecule has 0 saturated carbocycles. The average molecular weight is 388 g/mol. The van der Waals surface area contributed by atoms with Crippen LogP contribution in [0, 0.1) is 0 Å². The second-order valence-corrected chi connectivity index (χ2v) is 6.85. The SMILES string of the molecule is COc1ccc(NC(=O)c2cc3c(n(-c4ccccc4)c2=O)CCCC3=O)cc1. The quantitative estimate of drug-likeness (QED) is 0.741. The van der Waals surface area contributed by atoms with Gasteiger partial charge < -0.3 is 10.1 Å². The van der Waals surface area contributed by atoms with Gasteiger partial charge in [0.25, 0.3) is 11.5 Å². The molecule has 1 aliphatic rings. The summed E-state index contributed by atoms with van der Waals surface area (Å²) in [6.45, 7) is 0. The Bertz CT molecular complexity index is 1130. The summed E-state index contributed by atoms with van der Waals surface area (Å²) in [5.74, 6) is 0.0641. The smallest absolute Gasteiger partial charge is 0.268 e. The third-order valence-corrected chi connectivity index (χ3v) is 5.03. The van der Waals surface area contributed by atoms with Gasteiger partial charge in [0, 0.05) is 29.1 Å². The second kappa shape index (κ2) is 7.75. The molecule has 6 heteroatoms. The van der Waals surface area contributed by atoms with Crippen molar-refractivity contribution in [3.05, 3.63) is 87.8 Å². The summed E-state index contributed by atoms with van der Waals surface area (Å²) in [6, 6.07) is 17.3. The Balaban J connectivity index is 1.81. The van der Waals surface area contributed by atoms with Crippen LogP contribution in [0.4, 0.5) is 5.69 Å². The van der Waals surface area contributed by atoms with E-state index in [1.54, 1.807) is 43.5 Å². The molecule has 1 heterocycles. The summed E-state index contributed by atoms with van der Waals surface area (Å²) in [5, 5.41) is 2.73. The summed E-state index contributed by atoms with van der Waals surface area (Å²) in [6.07, 6.45) is 1.72. The number of ketones is 1. The lowest BCUT2D eigenvalue weighted by atomic mass is 9.92. The fourth-order valence-electron chi connectivity index (χ4n) is 3.58. The van der Waals surface area contributed by atoms with Gasteiger partial charge >= 0.3 is 0 Å². The van der Waals surface area contributed by atoms with Gasteiger partial charge in [0.15, 0.2) is 5.78 Å². The number of ether oxygens (including phenoxy) is 1. The Labute approximate surface area is 167 Å². The maximum Gasteiger partial charge on any atom is 0.268 e. The number of benzene rings is 2. The summed E-state index contributed by atoms with van der Waals surface area (Å²) in [7, 11) is 1.56. The van der Waals surface area contributed by atoms with Crippen LogP contribution in [0.5, 0.6) is 5.75 Å². The highest BCUT2D eigenvalue weighted by Gasteiger charge is 2.26. The molecule has 3 aromatic rings. The van der Waals surface area contributed by atoms with Crippen molar-refractivity contribution < 1.29 is 14.3 Å². The largest absolute Gasteiger partial charge is 0.497 e. The number of hydrogen-bond acceptors (Lipinski definition) is 4. The van der Waals surface area contributed by atoms with E-state index in [0.29, 0.717) is 47.6 Å². The molecule has 29 heavy (non-hydrogen) atoms. The minimum Gasteiger partial charge on any atom is -0.497 e. The van der Waals surface area contributed by atoms with Gasteiger partial charge in [-0.3, -0.25) is 19.0 Å². The lowest BCUT2D eigenvalue weighted by Crippen LogP contribution is -2.33. The number of carbonyl (C=O) groups is 2. The number of rotatable bonds is 4. The van der Waals surface area contributed by atoms with Crippen LogP contribution in [0.1, 0.15) is 39.3 Å². The highest BCUT2D eigenvalue weighted by Crippen LogP contribution is 2.24. The number of pyridine rings is 1. The van der Waals surface area contributed by atoms with E-state index in [0.717, 1.165) is 0 Å². The Hall–Kier alpha value is -3.67. The number of methoxy groups -OCH3 is 1. The number of Topliss-reactive ketones (excluding diaryl/α,β-unsaturated/α-hetero) is 1. The highest BCUT2D eigenvalue weighted by molar-refractivity contribution is 6.06. The van der Waals surface area contributed by atoms with Crippen LogP contribution in [0.25, 0.3) is 5.69 Å². The number of carbonyl (C=O) groups excluding carboxylic acids is 2. The van der Waals surface area contributed by atoms with Gasteiger partial charge in [-0.05, 0) is 55.3 Å². The molecule has 0 saturated heterocycles. The first kappa shape index (κ1) is 18.7. The lowest BCUT2D eigenvalue weighted by molar-refractivity contribution is 0.0971. The number of hydrogen-bond donors (Lipinski definition) is 1. The number of para-hydroxylation sites is 1. The van der Waals surface area contributed by atoms with Gasteiger partial charge in [0.2, 0.25) is 0 Å². The topological polar surface area (TPSA) is 77.4 Å². The van der Waals surface area contributed by atoms with Gasteiger partial charge in [-0.2, -0.15) is 0 Å². The van der Waals surface area contributed by atoms with Gasteiger partial charge in [-0.25, -0.2) is 0 Å². The molecule has 0 radical (unpaired) electrons. The number of aromatic nitrogens is 1. The van der Waals surface area contributed by atoms with Gasteiger partial charge in [0.1, 0.15) is 11.3 Å². The van der Waals surface area contributed by atoms with Crippen molar-refractivity contribution in [3.63, 3.8) is 0 Å². The fourth-order valence-corrected chi connectivity index (χ4v) is 3.58. The standard InChI is InChI=1S/C23H20N2O4/c1-29-17-12-10-15(11-13-17)24-22(27)19-14-18-20(8-5-9-21(18)26)25(23(19)28)16-6-3-2-4-7-16/h2-4,6-7,10-14H,5,8-9H2,1H3,(H,24,27). The molecule has 1 aliphatic carbocycles. The molecule has 0 fully saturated rings. The van der Waals surface area contributed by atoms with E-state index in [2.05, 4.69) is 5.32 Å². The van der Waals surface area contributed by atoms with Crippen LogP contribution in [0.3, 0.4) is 0 Å². The van der Waals surface area contributed by atoms with E-state index in [4.69, 9.17) is 4.74 Å². The van der Waals surface area contributed by atoms with E-state index in [9.17, 15) is 14.4 Å². The van der Waals surface area contributed by atoms with Crippen molar-refractivity contribution >= 4 is 17.4 Å². The number of anilines is 1. The van der Waals surface area contributed by atoms with Crippen molar-refractivity contribution in [1.82, 2.24) is 4.57 Å². The molecular formula is C23H20N2O4. The minimum atomic E-state index is -0.550. The molecule has 0 aliphatic heterocycles. The zero-order valence-electron chi connectivity index (χ0n) is 16.0. The van der Waals surface area contributed by atoms with Crippen LogP contribution < -0.4 is 15.6 Å². The van der Waals surface area contributed by atoms with Crippen LogP contribution in [0.15, 0.2) is 65.5 Å². The maximum absolute atomic E-state index is 13.3. The van der Waals surface area contributed by atoms with Gasteiger partial charge in [-0.1, -0.05) is 18.2 Å². The minimum absolute atomic E-state index is 0.0468. The first-order chi connectivity index (χ1) is 14.1. The molecular weight excluding hydrogens is 368 g/mol. The zero-order valence-corrected chi connectivity index (χ0v) is 16.0. The number of amides is 1. The monoisotopic (exact) mass is 388 g/mol. The maximum atomic E-state index is 13.3. The van der Waals surface area contributed by atoms with E-state index in [-0.39, 0.29) is 11.3 Å². The van der Waals surface area contributed by atoms with Gasteiger partial charge in [-0.15, -0.1) is 0 Å². The predicted molar refractivity (Wildman–Crippen MR) is 110 cm³/mol. The summed E-state index contributed by atoms with van der Waals surface area (Å²) >= 11 is 0. The molecule has 0 unspecified atom stereocenters. The third-order valence-electron chi connectivity index (χ3n) is 5.03. The Kier molecular flexibility index (Phi) is 4.99. The van der Waals surface area contributed by atoms with E-state index in [1.807, 2.05) is 18.2 Å². The van der Waals surface area contributed by atoms with Crippen molar-refractivity contribution in [1.29, 1.82) is 0 Å². The fraction of sp³-hybridized carbons (Fsp3) is 0.174. The number of fused-ring (bicyclic) bond motifs is 1. The Morgan fingerprint density at radius 3 is 2.41 bits per heavy atom. The van der Waals surface area contributed by atoms with Crippen molar-refractivity contribution in [2.75, 3.05) is 12.4 Å². The Morgan fingerprint density at radius 2 is 1.72 bits per heavy atom. The van der Waals surface area contributed by atoms with Crippen LogP contribution >= 0.6 is 0 Å². The molecule has 1 amide bonds. The third kappa shape index (κ3) is 3.57. The van der Waals surface area contributed by atoms with Crippen LogP contribution in [0.2, 0.25) is 0 Å². The number of nitrogens with one attached hydrogen (secondary N) is 1. The Morgan fingerprint density at radius 1 is 1.00 bits per heavy atom. The summed E-state index contributed by atoms with van der Waals surface area (Å²) in [4.78, 5) is 38.7. The van der Waals surface area contributed by atoms with Crippen LogP contribution in [-0.2, 0) is 6.42 Å². The number of nitrogens with zero attached hydrogens (tertiary/aromatic N) is 1. The molecule has 6 nitrogen and oxygen atoms in total. The first-order valence-corrected chi connectivity index (χ1v) is 9.41. The first-order valence-electron chi connectivity index (χ1n) is 9.41. The van der Waals surface area contributed by atoms with Crippen LogP contribution in [-0.4, -0.2) is 23.4 Å². The molecule has 2 aromatic carbocycles. The van der Waals surface area contributed by atoms with E-state index >= 15 is 0 Å². The normalized spacial score (nSPS) is 12.9. The van der Waals surface area contributed by atoms with Crippen molar-refractivity contribution in [2.24, 2.45) is 0 Å². The molecule has 1 aromatic heterocycles. The average Bonchev–Trinajstić information content (AvgIpc) is 2.74. The summed E-state index contributed by atoms with van der Waals surface area (Å²) < 4.78 is 6.61. The van der Waals surface area contributed by atoms with Crippen molar-refractivity contribution in [2.45, 2.75) is 19.3 Å². The predicted octanol–water partition coefficient (Wildman–Crippen LogP) is 3.62.